The van der Waals surface area contributed by atoms with Crippen LogP contribution in [0.5, 0.6) is 0 Å². The quantitative estimate of drug-likeness (QED) is 0.736. The topological polar surface area (TPSA) is 63.0 Å². The van der Waals surface area contributed by atoms with Gasteiger partial charge in [0.1, 0.15) is 0 Å². The van der Waals surface area contributed by atoms with Crippen molar-refractivity contribution in [1.29, 1.82) is 0 Å². The number of nitrogens with one attached hydrogen (secondary N) is 2. The van der Waals surface area contributed by atoms with Gasteiger partial charge in [-0.15, -0.1) is 5.10 Å². The van der Waals surface area contributed by atoms with E-state index in [1.165, 1.54) is 0 Å². The third-order valence-electron chi connectivity index (χ3n) is 2.38. The van der Waals surface area contributed by atoms with E-state index in [1.807, 2.05) is 5.32 Å². The summed E-state index contributed by atoms with van der Waals surface area (Å²) in [6, 6.07) is 0.152. The Kier molecular flexibility index (Phi) is 3.69. The minimum atomic E-state index is -4.12. The Morgan fingerprint density at radius 1 is 1.33 bits per heavy atom. The lowest BCUT2D eigenvalue weighted by atomic mass is 10.3. The maximum atomic E-state index is 12.6. The molecular weight excluding hydrogens is 256 g/mol. The van der Waals surface area contributed by atoms with Gasteiger partial charge < -0.3 is 15.1 Å². The number of hydrogen-bond acceptors (Lipinski definition) is 5. The number of nitrogens with zero attached hydrogens (tertiary/aromatic N) is 2. The largest absolute Gasteiger partial charge is 0.407 e. The normalized spacial score (nSPS) is 16.3. The summed E-state index contributed by atoms with van der Waals surface area (Å²) >= 11 is 0. The van der Waals surface area contributed by atoms with Crippen molar-refractivity contribution >= 4 is 6.01 Å². The van der Waals surface area contributed by atoms with Crippen LogP contribution < -0.4 is 10.6 Å². The number of anilines is 1. The third-order valence-corrected chi connectivity index (χ3v) is 2.38. The van der Waals surface area contributed by atoms with E-state index in [9.17, 15) is 17.6 Å². The van der Waals surface area contributed by atoms with E-state index >= 15 is 0 Å². The van der Waals surface area contributed by atoms with Crippen molar-refractivity contribution in [1.82, 2.24) is 15.5 Å². The summed E-state index contributed by atoms with van der Waals surface area (Å²) in [5, 5.41) is 12.1. The molecule has 1 fully saturated rings. The average molecular weight is 268 g/mol. The van der Waals surface area contributed by atoms with Crippen LogP contribution in [0.2, 0.25) is 0 Å². The van der Waals surface area contributed by atoms with Gasteiger partial charge in [0.25, 0.3) is 0 Å². The van der Waals surface area contributed by atoms with Gasteiger partial charge >= 0.3 is 18.4 Å². The molecule has 9 heteroatoms. The highest BCUT2D eigenvalue weighted by molar-refractivity contribution is 5.17. The monoisotopic (exact) mass is 268 g/mol. The van der Waals surface area contributed by atoms with Crippen molar-refractivity contribution in [2.24, 2.45) is 0 Å². The SMILES string of the molecule is FC(F)C(F)(F)CNc1nnc(CNC2CC2)o1. The van der Waals surface area contributed by atoms with Gasteiger partial charge in [0.2, 0.25) is 5.89 Å². The molecule has 0 bridgehead atoms. The first kappa shape index (κ1) is 13.1. The van der Waals surface area contributed by atoms with Crippen molar-refractivity contribution in [3.63, 3.8) is 0 Å². The molecule has 1 aromatic rings. The zero-order valence-electron chi connectivity index (χ0n) is 9.30. The predicted molar refractivity (Wildman–Crippen MR) is 53.6 cm³/mol. The van der Waals surface area contributed by atoms with E-state index in [0.717, 1.165) is 12.8 Å². The molecule has 1 aromatic heterocycles. The molecule has 0 saturated heterocycles. The number of halogens is 4. The summed E-state index contributed by atoms with van der Waals surface area (Å²) in [5.41, 5.74) is 0. The standard InChI is InChI=1S/C9H12F4N4O/c10-7(11)9(12,13)4-15-8-17-16-6(18-8)3-14-5-1-2-5/h5,7,14H,1-4H2,(H,15,17). The lowest BCUT2D eigenvalue weighted by Crippen LogP contribution is -2.34. The highest BCUT2D eigenvalue weighted by atomic mass is 19.3. The second-order valence-corrected chi connectivity index (χ2v) is 4.07. The van der Waals surface area contributed by atoms with Crippen molar-refractivity contribution in [3.8, 4) is 0 Å². The number of aromatic nitrogens is 2. The van der Waals surface area contributed by atoms with E-state index < -0.39 is 18.9 Å². The molecule has 0 atom stereocenters. The second-order valence-electron chi connectivity index (χ2n) is 4.07. The van der Waals surface area contributed by atoms with Crippen LogP contribution in [0.15, 0.2) is 4.42 Å². The minimum absolute atomic E-state index is 0.227. The maximum Gasteiger partial charge on any atom is 0.324 e. The summed E-state index contributed by atoms with van der Waals surface area (Å²) in [7, 11) is 0. The lowest BCUT2D eigenvalue weighted by Gasteiger charge is -2.14. The van der Waals surface area contributed by atoms with E-state index in [1.54, 1.807) is 0 Å². The van der Waals surface area contributed by atoms with Crippen LogP contribution in [0.3, 0.4) is 0 Å². The van der Waals surface area contributed by atoms with Crippen molar-refractivity contribution in [2.45, 2.75) is 37.8 Å². The fraction of sp³-hybridized carbons (Fsp3) is 0.778. The average Bonchev–Trinajstić information content (AvgIpc) is 3.03. The molecule has 0 aromatic carbocycles. The van der Waals surface area contributed by atoms with Gasteiger partial charge in [-0.3, -0.25) is 0 Å². The molecule has 0 aliphatic heterocycles. The number of hydrogen-bond donors (Lipinski definition) is 2. The molecule has 2 rings (SSSR count). The first-order valence-electron chi connectivity index (χ1n) is 5.43. The third kappa shape index (κ3) is 3.56. The Bertz CT molecular complexity index is 394. The van der Waals surface area contributed by atoms with Crippen LogP contribution in [-0.2, 0) is 6.54 Å². The first-order valence-corrected chi connectivity index (χ1v) is 5.43. The molecule has 1 saturated carbocycles. The molecule has 1 aliphatic carbocycles. The van der Waals surface area contributed by atoms with Gasteiger partial charge in [0.15, 0.2) is 0 Å². The minimum Gasteiger partial charge on any atom is -0.407 e. The molecule has 18 heavy (non-hydrogen) atoms. The molecule has 5 nitrogen and oxygen atoms in total. The molecule has 0 radical (unpaired) electrons. The summed E-state index contributed by atoms with van der Waals surface area (Å²) in [4.78, 5) is 0. The van der Waals surface area contributed by atoms with E-state index in [-0.39, 0.29) is 11.9 Å². The molecule has 102 valence electrons. The summed E-state index contributed by atoms with van der Waals surface area (Å²) in [6.45, 7) is -0.910. The summed E-state index contributed by atoms with van der Waals surface area (Å²) in [6.07, 6.45) is -1.57. The van der Waals surface area contributed by atoms with Gasteiger partial charge in [0, 0.05) is 6.04 Å². The summed E-state index contributed by atoms with van der Waals surface area (Å²) in [5.74, 6) is -3.90. The first-order chi connectivity index (χ1) is 8.47. The highest BCUT2D eigenvalue weighted by Gasteiger charge is 2.40. The van der Waals surface area contributed by atoms with Crippen LogP contribution in [0.25, 0.3) is 0 Å². The molecule has 0 spiro atoms. The van der Waals surface area contributed by atoms with Crippen LogP contribution in [0.1, 0.15) is 18.7 Å². The fourth-order valence-corrected chi connectivity index (χ4v) is 1.19. The molecule has 0 amide bonds. The fourth-order valence-electron chi connectivity index (χ4n) is 1.19. The Morgan fingerprint density at radius 3 is 2.67 bits per heavy atom. The van der Waals surface area contributed by atoms with Crippen LogP contribution >= 0.6 is 0 Å². The Morgan fingerprint density at radius 2 is 2.06 bits per heavy atom. The van der Waals surface area contributed by atoms with Crippen molar-refractivity contribution in [3.05, 3.63) is 5.89 Å². The highest BCUT2D eigenvalue weighted by Crippen LogP contribution is 2.23. The summed E-state index contributed by atoms with van der Waals surface area (Å²) < 4.78 is 53.9. The molecule has 1 aliphatic rings. The second kappa shape index (κ2) is 5.09. The molecular formula is C9H12F4N4O. The molecule has 2 N–H and O–H groups in total. The van der Waals surface area contributed by atoms with Crippen LogP contribution in [-0.4, -0.2) is 35.1 Å². The molecule has 0 unspecified atom stereocenters. The van der Waals surface area contributed by atoms with Gasteiger partial charge in [-0.1, -0.05) is 5.10 Å². The Labute approximate surface area is 99.9 Å². The van der Waals surface area contributed by atoms with Crippen molar-refractivity contribution in [2.75, 3.05) is 11.9 Å². The van der Waals surface area contributed by atoms with Gasteiger partial charge in [-0.2, -0.15) is 8.78 Å². The molecule has 1 heterocycles. The lowest BCUT2D eigenvalue weighted by molar-refractivity contribution is -0.117. The van der Waals surface area contributed by atoms with Gasteiger partial charge in [-0.05, 0) is 12.8 Å². The van der Waals surface area contributed by atoms with Gasteiger partial charge in [0.05, 0.1) is 13.1 Å². The maximum absolute atomic E-state index is 12.6. The van der Waals surface area contributed by atoms with Gasteiger partial charge in [-0.25, -0.2) is 8.78 Å². The van der Waals surface area contributed by atoms with Crippen molar-refractivity contribution < 1.29 is 22.0 Å². The zero-order valence-corrected chi connectivity index (χ0v) is 9.30. The van der Waals surface area contributed by atoms with E-state index in [4.69, 9.17) is 4.42 Å². The zero-order chi connectivity index (χ0) is 13.2. The van der Waals surface area contributed by atoms with Crippen LogP contribution in [0, 0.1) is 0 Å². The smallest absolute Gasteiger partial charge is 0.324 e. The predicted octanol–water partition coefficient (Wildman–Crippen LogP) is 1.63. The Hall–Kier alpha value is -1.38. The van der Waals surface area contributed by atoms with Crippen LogP contribution in [0.4, 0.5) is 23.6 Å². The van der Waals surface area contributed by atoms with E-state index in [0.29, 0.717) is 12.6 Å². The number of rotatable bonds is 7. The Balaban J connectivity index is 1.78. The number of alkyl halides is 4. The van der Waals surface area contributed by atoms with E-state index in [2.05, 4.69) is 15.5 Å².